The van der Waals surface area contributed by atoms with Crippen LogP contribution in [0.1, 0.15) is 0 Å². The lowest BCUT2D eigenvalue weighted by Gasteiger charge is -1.98. The number of amidine groups is 1. The van der Waals surface area contributed by atoms with Gasteiger partial charge in [0.2, 0.25) is 0 Å². The van der Waals surface area contributed by atoms with Crippen LogP contribution in [-0.2, 0) is 0 Å². The Kier molecular flexibility index (Phi) is 4.43. The van der Waals surface area contributed by atoms with E-state index in [2.05, 4.69) is 9.97 Å². The fourth-order valence-corrected chi connectivity index (χ4v) is 0.957. The molecule has 8 heteroatoms. The van der Waals surface area contributed by atoms with Crippen LogP contribution in [0.4, 0.5) is 10.2 Å². The molecule has 1 rings (SSSR count). The van der Waals surface area contributed by atoms with Crippen molar-refractivity contribution in [1.29, 1.82) is 5.41 Å². The van der Waals surface area contributed by atoms with Crippen LogP contribution in [0.25, 0.3) is 0 Å². The average molecular weight is 223 g/mol. The van der Waals surface area contributed by atoms with Gasteiger partial charge in [-0.05, 0) is 11.8 Å². The predicted octanol–water partition coefficient (Wildman–Crippen LogP) is -2.81. The van der Waals surface area contributed by atoms with Crippen LogP contribution in [0.5, 0.6) is 0 Å². The molecular formula is C5H6ClFN5S-. The van der Waals surface area contributed by atoms with Crippen molar-refractivity contribution in [2.45, 2.75) is 5.16 Å². The molecule has 0 fully saturated rings. The molecule has 0 unspecified atom stereocenters. The van der Waals surface area contributed by atoms with Crippen LogP contribution >= 0.6 is 11.8 Å². The van der Waals surface area contributed by atoms with Crippen LogP contribution in [0.15, 0.2) is 11.4 Å². The highest BCUT2D eigenvalue weighted by Gasteiger charge is 2.04. The van der Waals surface area contributed by atoms with E-state index in [9.17, 15) is 4.39 Å². The summed E-state index contributed by atoms with van der Waals surface area (Å²) < 4.78 is 12.5. The van der Waals surface area contributed by atoms with Gasteiger partial charge in [0.05, 0.1) is 6.20 Å². The fraction of sp³-hybridized carbons (Fsp3) is 0. The first-order valence-electron chi connectivity index (χ1n) is 2.89. The summed E-state index contributed by atoms with van der Waals surface area (Å²) in [6.07, 6.45) is 0.938. The maximum Gasteiger partial charge on any atom is 0.197 e. The first kappa shape index (κ1) is 11.9. The van der Waals surface area contributed by atoms with Gasteiger partial charge in [0, 0.05) is 0 Å². The SMILES string of the molecule is N=C(N)Sc1ncc(F)c(N)n1.[Cl-]. The highest BCUT2D eigenvalue weighted by Crippen LogP contribution is 2.13. The molecule has 0 aliphatic heterocycles. The van der Waals surface area contributed by atoms with E-state index in [0.29, 0.717) is 0 Å². The van der Waals surface area contributed by atoms with E-state index < -0.39 is 5.82 Å². The van der Waals surface area contributed by atoms with E-state index in [1.54, 1.807) is 0 Å². The van der Waals surface area contributed by atoms with Crippen LogP contribution in [-0.4, -0.2) is 15.1 Å². The van der Waals surface area contributed by atoms with Gasteiger partial charge in [-0.25, -0.2) is 14.4 Å². The topological polar surface area (TPSA) is 102 Å². The number of hydrogen-bond acceptors (Lipinski definition) is 5. The summed E-state index contributed by atoms with van der Waals surface area (Å²) in [7, 11) is 0. The largest absolute Gasteiger partial charge is 1.00 e. The van der Waals surface area contributed by atoms with Crippen molar-refractivity contribution < 1.29 is 16.8 Å². The molecule has 0 saturated carbocycles. The van der Waals surface area contributed by atoms with E-state index in [-0.39, 0.29) is 28.5 Å². The van der Waals surface area contributed by atoms with Crippen LogP contribution < -0.4 is 23.9 Å². The number of nitrogens with two attached hydrogens (primary N) is 2. The normalized spacial score (nSPS) is 9.00. The molecule has 1 aromatic heterocycles. The second kappa shape index (κ2) is 4.83. The zero-order valence-corrected chi connectivity index (χ0v) is 7.86. The van der Waals surface area contributed by atoms with Crippen molar-refractivity contribution >= 4 is 22.7 Å². The monoisotopic (exact) mass is 222 g/mol. The summed E-state index contributed by atoms with van der Waals surface area (Å²) in [4.78, 5) is 7.10. The molecule has 0 radical (unpaired) electrons. The Morgan fingerprint density at radius 1 is 1.62 bits per heavy atom. The van der Waals surface area contributed by atoms with Gasteiger partial charge in [0.25, 0.3) is 0 Å². The van der Waals surface area contributed by atoms with E-state index in [0.717, 1.165) is 18.0 Å². The molecule has 0 spiro atoms. The molecule has 0 aromatic carbocycles. The number of nitrogens with one attached hydrogen (secondary N) is 1. The van der Waals surface area contributed by atoms with Crippen LogP contribution in [0.3, 0.4) is 0 Å². The van der Waals surface area contributed by atoms with Gasteiger partial charge >= 0.3 is 0 Å². The Balaban J connectivity index is 0.00000144. The molecule has 0 saturated heterocycles. The molecule has 5 N–H and O–H groups in total. The third-order valence-corrected chi connectivity index (χ3v) is 1.55. The van der Waals surface area contributed by atoms with Crippen molar-refractivity contribution in [2.24, 2.45) is 5.73 Å². The summed E-state index contributed by atoms with van der Waals surface area (Å²) in [6, 6.07) is 0. The lowest BCUT2D eigenvalue weighted by molar-refractivity contribution is -0.00000349. The molecule has 0 aliphatic carbocycles. The third kappa shape index (κ3) is 3.43. The molecular weight excluding hydrogens is 217 g/mol. The Bertz CT molecular complexity index is 320. The van der Waals surface area contributed by atoms with Gasteiger partial charge in [0.15, 0.2) is 22.0 Å². The quantitative estimate of drug-likeness (QED) is 0.206. The van der Waals surface area contributed by atoms with Gasteiger partial charge in [-0.3, -0.25) is 5.41 Å². The van der Waals surface area contributed by atoms with Gasteiger partial charge in [-0.2, -0.15) is 0 Å². The Hall–Kier alpha value is -1.08. The number of halogens is 2. The van der Waals surface area contributed by atoms with Crippen molar-refractivity contribution in [3.63, 3.8) is 0 Å². The van der Waals surface area contributed by atoms with Gasteiger partial charge in [-0.15, -0.1) is 0 Å². The number of nitrogen functional groups attached to an aromatic ring is 1. The van der Waals surface area contributed by atoms with Gasteiger partial charge in [-0.1, -0.05) is 0 Å². The highest BCUT2D eigenvalue weighted by atomic mass is 35.5. The first-order chi connectivity index (χ1) is 5.59. The highest BCUT2D eigenvalue weighted by molar-refractivity contribution is 8.13. The summed E-state index contributed by atoms with van der Waals surface area (Å²) in [5.41, 5.74) is 10.2. The van der Waals surface area contributed by atoms with Gasteiger partial charge in [0.1, 0.15) is 0 Å². The Labute approximate surface area is 84.0 Å². The molecule has 1 heterocycles. The number of rotatable bonds is 1. The average Bonchev–Trinajstić information content (AvgIpc) is 1.96. The lowest BCUT2D eigenvalue weighted by Crippen LogP contribution is -3.00. The molecule has 0 bridgehead atoms. The lowest BCUT2D eigenvalue weighted by atomic mass is 10.6. The van der Waals surface area contributed by atoms with Crippen LogP contribution in [0, 0.1) is 11.2 Å². The minimum atomic E-state index is -0.678. The molecule has 5 nitrogen and oxygen atoms in total. The van der Waals surface area contributed by atoms with E-state index in [1.807, 2.05) is 0 Å². The molecule has 72 valence electrons. The second-order valence-electron chi connectivity index (χ2n) is 1.85. The molecule has 13 heavy (non-hydrogen) atoms. The predicted molar refractivity (Wildman–Crippen MR) is 44.2 cm³/mol. The molecule has 0 aliphatic rings. The number of hydrogen-bond donors (Lipinski definition) is 3. The van der Waals surface area contributed by atoms with Crippen LogP contribution in [0.2, 0.25) is 0 Å². The van der Waals surface area contributed by atoms with E-state index in [1.165, 1.54) is 0 Å². The van der Waals surface area contributed by atoms with E-state index in [4.69, 9.17) is 16.9 Å². The summed E-state index contributed by atoms with van der Waals surface area (Å²) in [5.74, 6) is -0.920. The molecule has 0 atom stereocenters. The summed E-state index contributed by atoms with van der Waals surface area (Å²) in [5, 5.41) is 6.88. The summed E-state index contributed by atoms with van der Waals surface area (Å²) >= 11 is 0.814. The zero-order valence-electron chi connectivity index (χ0n) is 6.29. The molecule has 1 aromatic rings. The first-order valence-corrected chi connectivity index (χ1v) is 3.71. The number of anilines is 1. The summed E-state index contributed by atoms with van der Waals surface area (Å²) in [6.45, 7) is 0. The fourth-order valence-electron chi connectivity index (χ4n) is 0.511. The Morgan fingerprint density at radius 3 is 2.69 bits per heavy atom. The van der Waals surface area contributed by atoms with Crippen molar-refractivity contribution in [1.82, 2.24) is 9.97 Å². The maximum atomic E-state index is 12.5. The zero-order chi connectivity index (χ0) is 9.14. The second-order valence-corrected chi connectivity index (χ2v) is 2.86. The minimum absolute atomic E-state index is 0. The smallest absolute Gasteiger partial charge is 0.197 e. The third-order valence-electron chi connectivity index (χ3n) is 0.950. The number of aromatic nitrogens is 2. The number of nitrogens with zero attached hydrogens (tertiary/aromatic N) is 2. The van der Waals surface area contributed by atoms with Crippen molar-refractivity contribution in [3.8, 4) is 0 Å². The maximum absolute atomic E-state index is 12.5. The Morgan fingerprint density at radius 2 is 2.23 bits per heavy atom. The standard InChI is InChI=1S/C5H6FN5S.ClH/c6-2-1-10-5(11-3(2)7)12-4(8)9;/h1H,(H3,8,9)(H2,7,10,11);1H/p-1. The molecule has 0 amide bonds. The van der Waals surface area contributed by atoms with E-state index >= 15 is 0 Å². The number of thioether (sulfide) groups is 1. The van der Waals surface area contributed by atoms with Crippen molar-refractivity contribution in [3.05, 3.63) is 12.0 Å². The van der Waals surface area contributed by atoms with Gasteiger partial charge < -0.3 is 23.9 Å². The van der Waals surface area contributed by atoms with Crippen molar-refractivity contribution in [2.75, 3.05) is 5.73 Å². The minimum Gasteiger partial charge on any atom is -1.00 e.